The molecule has 0 radical (unpaired) electrons. The van der Waals surface area contributed by atoms with Crippen LogP contribution in [0, 0.1) is 17.8 Å². The standard InChI is InChI=1S/C14H16Cl2O/c15-11-5-2-6-12(16)10(11)7-13(17)14-8-3-1-4-9(8)14/h2,5-6,8-9,13-14,17H,1,3-4,7H2. The first-order chi connectivity index (χ1) is 8.18. The molecule has 0 amide bonds. The van der Waals surface area contributed by atoms with Crippen molar-refractivity contribution < 1.29 is 5.11 Å². The normalized spacial score (nSPS) is 32.3. The lowest BCUT2D eigenvalue weighted by molar-refractivity contribution is 0.135. The number of aliphatic hydroxyl groups excluding tert-OH is 1. The van der Waals surface area contributed by atoms with Crippen LogP contribution in [-0.4, -0.2) is 11.2 Å². The van der Waals surface area contributed by atoms with E-state index >= 15 is 0 Å². The van der Waals surface area contributed by atoms with Gasteiger partial charge in [0.2, 0.25) is 0 Å². The molecule has 3 rings (SSSR count). The summed E-state index contributed by atoms with van der Waals surface area (Å²) in [7, 11) is 0. The fourth-order valence-electron chi connectivity index (χ4n) is 3.52. The van der Waals surface area contributed by atoms with Crippen LogP contribution in [0.2, 0.25) is 10.0 Å². The van der Waals surface area contributed by atoms with Crippen molar-refractivity contribution in [3.63, 3.8) is 0 Å². The summed E-state index contributed by atoms with van der Waals surface area (Å²) in [5.41, 5.74) is 0.897. The summed E-state index contributed by atoms with van der Waals surface area (Å²) in [6, 6.07) is 5.51. The summed E-state index contributed by atoms with van der Waals surface area (Å²) in [6.07, 6.45) is 4.25. The van der Waals surface area contributed by atoms with E-state index in [4.69, 9.17) is 23.2 Å². The number of rotatable bonds is 3. The van der Waals surface area contributed by atoms with Gasteiger partial charge in [-0.2, -0.15) is 0 Å². The van der Waals surface area contributed by atoms with Gasteiger partial charge in [0.1, 0.15) is 0 Å². The summed E-state index contributed by atoms with van der Waals surface area (Å²) in [4.78, 5) is 0. The van der Waals surface area contributed by atoms with Gasteiger partial charge in [-0.3, -0.25) is 0 Å². The van der Waals surface area contributed by atoms with Crippen LogP contribution in [0.3, 0.4) is 0 Å². The molecule has 2 fully saturated rings. The van der Waals surface area contributed by atoms with Crippen LogP contribution in [0.5, 0.6) is 0 Å². The quantitative estimate of drug-likeness (QED) is 0.882. The van der Waals surface area contributed by atoms with Crippen molar-refractivity contribution in [1.29, 1.82) is 0 Å². The highest BCUT2D eigenvalue weighted by Gasteiger charge is 2.55. The summed E-state index contributed by atoms with van der Waals surface area (Å²) < 4.78 is 0. The Kier molecular flexibility index (Phi) is 3.10. The molecule has 3 heteroatoms. The highest BCUT2D eigenvalue weighted by Crippen LogP contribution is 2.59. The van der Waals surface area contributed by atoms with Gasteiger partial charge in [0.05, 0.1) is 6.10 Å². The van der Waals surface area contributed by atoms with Gasteiger partial charge < -0.3 is 5.11 Å². The Balaban J connectivity index is 1.71. The van der Waals surface area contributed by atoms with Gasteiger partial charge in [0.25, 0.3) is 0 Å². The lowest BCUT2D eigenvalue weighted by Gasteiger charge is -2.14. The molecule has 0 aromatic heterocycles. The van der Waals surface area contributed by atoms with Gasteiger partial charge in [-0.15, -0.1) is 0 Å². The molecule has 3 atom stereocenters. The van der Waals surface area contributed by atoms with Crippen LogP contribution in [-0.2, 0) is 6.42 Å². The number of hydrogen-bond acceptors (Lipinski definition) is 1. The molecule has 3 unspecified atom stereocenters. The van der Waals surface area contributed by atoms with E-state index < -0.39 is 0 Å². The second-order valence-corrected chi connectivity index (χ2v) is 6.12. The van der Waals surface area contributed by atoms with Crippen molar-refractivity contribution in [1.82, 2.24) is 0 Å². The number of hydrogen-bond donors (Lipinski definition) is 1. The van der Waals surface area contributed by atoms with Crippen molar-refractivity contribution in [2.75, 3.05) is 0 Å². The van der Waals surface area contributed by atoms with Crippen molar-refractivity contribution in [3.8, 4) is 0 Å². The third-order valence-corrected chi connectivity index (χ3v) is 5.10. The zero-order valence-electron chi connectivity index (χ0n) is 9.57. The summed E-state index contributed by atoms with van der Waals surface area (Å²) in [5.74, 6) is 2.04. The van der Waals surface area contributed by atoms with Crippen molar-refractivity contribution in [2.24, 2.45) is 17.8 Å². The first-order valence-corrected chi connectivity index (χ1v) is 7.05. The fraction of sp³-hybridized carbons (Fsp3) is 0.571. The molecule has 1 nitrogen and oxygen atoms in total. The molecule has 2 aliphatic carbocycles. The third-order valence-electron chi connectivity index (χ3n) is 4.39. The summed E-state index contributed by atoms with van der Waals surface area (Å²) >= 11 is 12.2. The number of benzene rings is 1. The van der Waals surface area contributed by atoms with E-state index in [0.29, 0.717) is 22.4 Å². The van der Waals surface area contributed by atoms with Crippen LogP contribution in [0.4, 0.5) is 0 Å². The molecular formula is C14H16Cl2O. The maximum atomic E-state index is 10.3. The van der Waals surface area contributed by atoms with Gasteiger partial charge >= 0.3 is 0 Å². The van der Waals surface area contributed by atoms with Crippen LogP contribution >= 0.6 is 23.2 Å². The van der Waals surface area contributed by atoms with E-state index in [1.807, 2.05) is 18.2 Å². The minimum atomic E-state index is -0.275. The summed E-state index contributed by atoms with van der Waals surface area (Å²) in [5, 5.41) is 11.6. The molecule has 0 heterocycles. The molecular weight excluding hydrogens is 255 g/mol. The van der Waals surface area contributed by atoms with E-state index in [2.05, 4.69) is 0 Å². The third kappa shape index (κ3) is 2.09. The first-order valence-electron chi connectivity index (χ1n) is 6.29. The lowest BCUT2D eigenvalue weighted by Crippen LogP contribution is -2.16. The zero-order valence-corrected chi connectivity index (χ0v) is 11.1. The molecule has 0 bridgehead atoms. The van der Waals surface area contributed by atoms with Gasteiger partial charge in [-0.1, -0.05) is 35.7 Å². The highest BCUT2D eigenvalue weighted by molar-refractivity contribution is 6.35. The Bertz CT molecular complexity index is 402. The van der Waals surface area contributed by atoms with Crippen molar-refractivity contribution >= 4 is 23.2 Å². The van der Waals surface area contributed by atoms with Gasteiger partial charge in [0, 0.05) is 16.5 Å². The van der Waals surface area contributed by atoms with Gasteiger partial charge in [-0.05, 0) is 48.3 Å². The molecule has 2 aliphatic rings. The van der Waals surface area contributed by atoms with Crippen LogP contribution in [0.1, 0.15) is 24.8 Å². The number of aliphatic hydroxyl groups is 1. The Morgan fingerprint density at radius 3 is 2.35 bits per heavy atom. The molecule has 0 spiro atoms. The maximum absolute atomic E-state index is 10.3. The van der Waals surface area contributed by atoms with Crippen molar-refractivity contribution in [3.05, 3.63) is 33.8 Å². The second kappa shape index (κ2) is 4.46. The van der Waals surface area contributed by atoms with Crippen LogP contribution in [0.15, 0.2) is 18.2 Å². The zero-order chi connectivity index (χ0) is 12.0. The fourth-order valence-corrected chi connectivity index (χ4v) is 4.07. The summed E-state index contributed by atoms with van der Waals surface area (Å²) in [6.45, 7) is 0. The van der Waals surface area contributed by atoms with Crippen molar-refractivity contribution in [2.45, 2.75) is 31.8 Å². The molecule has 0 aliphatic heterocycles. The predicted octanol–water partition coefficient (Wildman–Crippen LogP) is 3.94. The van der Waals surface area contributed by atoms with E-state index in [0.717, 1.165) is 17.4 Å². The van der Waals surface area contributed by atoms with E-state index in [9.17, 15) is 5.11 Å². The molecule has 92 valence electrons. The minimum Gasteiger partial charge on any atom is -0.392 e. The average molecular weight is 271 g/mol. The topological polar surface area (TPSA) is 20.2 Å². The molecule has 0 saturated heterocycles. The molecule has 2 saturated carbocycles. The minimum absolute atomic E-state index is 0.275. The average Bonchev–Trinajstić information content (AvgIpc) is 2.78. The molecule has 17 heavy (non-hydrogen) atoms. The Morgan fingerprint density at radius 1 is 1.18 bits per heavy atom. The number of halogens is 2. The van der Waals surface area contributed by atoms with Crippen LogP contribution in [0.25, 0.3) is 0 Å². The molecule has 1 aromatic carbocycles. The van der Waals surface area contributed by atoms with Gasteiger partial charge in [0.15, 0.2) is 0 Å². The predicted molar refractivity (Wildman–Crippen MR) is 70.5 cm³/mol. The largest absolute Gasteiger partial charge is 0.392 e. The molecule has 1 aromatic rings. The van der Waals surface area contributed by atoms with E-state index in [1.54, 1.807) is 0 Å². The lowest BCUT2D eigenvalue weighted by atomic mass is 9.99. The highest BCUT2D eigenvalue weighted by atomic mass is 35.5. The molecule has 1 N–H and O–H groups in total. The van der Waals surface area contributed by atoms with E-state index in [-0.39, 0.29) is 6.10 Å². The second-order valence-electron chi connectivity index (χ2n) is 5.31. The smallest absolute Gasteiger partial charge is 0.0615 e. The van der Waals surface area contributed by atoms with E-state index in [1.165, 1.54) is 19.3 Å². The first kappa shape index (κ1) is 11.8. The maximum Gasteiger partial charge on any atom is 0.0615 e. The Labute approximate surface area is 112 Å². The SMILES string of the molecule is OC(Cc1c(Cl)cccc1Cl)C1C2CCCC21. The monoisotopic (exact) mass is 270 g/mol. The van der Waals surface area contributed by atoms with Gasteiger partial charge in [-0.25, -0.2) is 0 Å². The number of fused-ring (bicyclic) bond motifs is 1. The Hall–Kier alpha value is -0.240. The Morgan fingerprint density at radius 2 is 1.76 bits per heavy atom. The van der Waals surface area contributed by atoms with Crippen LogP contribution < -0.4 is 0 Å².